The van der Waals surface area contributed by atoms with Crippen molar-refractivity contribution in [2.45, 2.75) is 19.8 Å². The minimum Gasteiger partial charge on any atom is -0.337 e. The highest BCUT2D eigenvalue weighted by Gasteiger charge is 2.09. The van der Waals surface area contributed by atoms with Crippen LogP contribution in [0.15, 0.2) is 30.7 Å². The molecule has 15 heavy (non-hydrogen) atoms. The molecule has 0 unspecified atom stereocenters. The molecule has 0 aliphatic carbocycles. The zero-order valence-electron chi connectivity index (χ0n) is 8.77. The summed E-state index contributed by atoms with van der Waals surface area (Å²) in [5.41, 5.74) is 2.18. The molecule has 2 rings (SSSR count). The molecule has 3 nitrogen and oxygen atoms in total. The summed E-state index contributed by atoms with van der Waals surface area (Å²) in [4.78, 5) is 7.17. The van der Waals surface area contributed by atoms with Gasteiger partial charge in [0.15, 0.2) is 4.77 Å². The number of H-pyrrole nitrogens is 1. The van der Waals surface area contributed by atoms with Gasteiger partial charge in [-0.3, -0.25) is 9.55 Å². The van der Waals surface area contributed by atoms with Crippen LogP contribution in [-0.4, -0.2) is 14.5 Å². The van der Waals surface area contributed by atoms with Crippen LogP contribution in [0.4, 0.5) is 0 Å². The molecule has 2 heterocycles. The fourth-order valence-corrected chi connectivity index (χ4v) is 1.83. The molecule has 2 aromatic rings. The molecule has 0 saturated carbocycles. The van der Waals surface area contributed by atoms with Crippen molar-refractivity contribution < 1.29 is 0 Å². The summed E-state index contributed by atoms with van der Waals surface area (Å²) in [7, 11) is 0. The quantitative estimate of drug-likeness (QED) is 0.788. The van der Waals surface area contributed by atoms with E-state index in [2.05, 4.69) is 23.8 Å². The number of rotatable bonds is 2. The number of imidazole rings is 1. The van der Waals surface area contributed by atoms with Gasteiger partial charge in [0.05, 0.1) is 11.9 Å². The van der Waals surface area contributed by atoms with Gasteiger partial charge >= 0.3 is 0 Å². The normalized spacial score (nSPS) is 10.9. The predicted molar refractivity (Wildman–Crippen MR) is 62.8 cm³/mol. The number of aromatic nitrogens is 3. The number of aromatic amines is 1. The van der Waals surface area contributed by atoms with Crippen LogP contribution >= 0.6 is 12.2 Å². The van der Waals surface area contributed by atoms with Crippen LogP contribution in [0.5, 0.6) is 0 Å². The lowest BCUT2D eigenvalue weighted by Crippen LogP contribution is -2.01. The smallest absolute Gasteiger partial charge is 0.182 e. The van der Waals surface area contributed by atoms with Crippen LogP contribution in [-0.2, 0) is 0 Å². The van der Waals surface area contributed by atoms with Gasteiger partial charge < -0.3 is 4.98 Å². The zero-order valence-corrected chi connectivity index (χ0v) is 9.58. The highest BCUT2D eigenvalue weighted by atomic mass is 32.1. The number of pyridine rings is 1. The Morgan fingerprint density at radius 1 is 1.47 bits per heavy atom. The summed E-state index contributed by atoms with van der Waals surface area (Å²) < 4.78 is 2.74. The molecule has 0 aliphatic heterocycles. The van der Waals surface area contributed by atoms with E-state index >= 15 is 0 Å². The van der Waals surface area contributed by atoms with Crippen molar-refractivity contribution >= 4 is 12.2 Å². The second-order valence-electron chi connectivity index (χ2n) is 3.72. The van der Waals surface area contributed by atoms with Gasteiger partial charge in [-0.05, 0) is 30.3 Å². The van der Waals surface area contributed by atoms with Crippen molar-refractivity contribution in [3.8, 4) is 5.69 Å². The molecule has 0 radical (unpaired) electrons. The first-order valence-corrected chi connectivity index (χ1v) is 5.31. The van der Waals surface area contributed by atoms with E-state index in [1.54, 1.807) is 6.20 Å². The first kappa shape index (κ1) is 10.1. The number of hydrogen-bond acceptors (Lipinski definition) is 2. The maximum Gasteiger partial charge on any atom is 0.182 e. The lowest BCUT2D eigenvalue weighted by Gasteiger charge is -2.09. The number of hydrogen-bond donors (Lipinski definition) is 1. The van der Waals surface area contributed by atoms with Gasteiger partial charge in [-0.1, -0.05) is 13.8 Å². The molecule has 4 heteroatoms. The van der Waals surface area contributed by atoms with E-state index in [1.165, 1.54) is 5.69 Å². The fraction of sp³-hybridized carbons (Fsp3) is 0.273. The molecule has 0 aliphatic rings. The van der Waals surface area contributed by atoms with Crippen molar-refractivity contribution in [1.29, 1.82) is 0 Å². The second kappa shape index (κ2) is 3.98. The van der Waals surface area contributed by atoms with Gasteiger partial charge in [-0.25, -0.2) is 0 Å². The molecule has 0 saturated heterocycles. The molecule has 1 N–H and O–H groups in total. The lowest BCUT2D eigenvalue weighted by atomic mass is 10.1. The Kier molecular flexibility index (Phi) is 2.68. The Labute approximate surface area is 93.8 Å². The summed E-state index contributed by atoms with van der Waals surface area (Å²) in [5, 5.41) is 0. The molecule has 0 amide bonds. The largest absolute Gasteiger partial charge is 0.337 e. The van der Waals surface area contributed by atoms with Crippen molar-refractivity contribution in [3.63, 3.8) is 0 Å². The maximum atomic E-state index is 5.25. The fourth-order valence-electron chi connectivity index (χ4n) is 1.56. The van der Waals surface area contributed by atoms with Crippen LogP contribution < -0.4 is 0 Å². The average molecular weight is 219 g/mol. The summed E-state index contributed by atoms with van der Waals surface area (Å²) in [6.45, 7) is 4.29. The van der Waals surface area contributed by atoms with Gasteiger partial charge in [0.2, 0.25) is 0 Å². The standard InChI is InChI=1S/C11H13N3S/c1-8(2)10-7-13-11(15)14(10)9-4-3-5-12-6-9/h3-8H,1-2H3,(H,13,15). The van der Waals surface area contributed by atoms with Gasteiger partial charge in [-0.15, -0.1) is 0 Å². The molecule has 2 aromatic heterocycles. The highest BCUT2D eigenvalue weighted by Crippen LogP contribution is 2.18. The van der Waals surface area contributed by atoms with Crippen molar-refractivity contribution in [3.05, 3.63) is 41.2 Å². The summed E-state index contributed by atoms with van der Waals surface area (Å²) in [5.74, 6) is 0.429. The molecule has 0 aromatic carbocycles. The van der Waals surface area contributed by atoms with Gasteiger partial charge in [0.25, 0.3) is 0 Å². The predicted octanol–water partition coefficient (Wildman–Crippen LogP) is 3.05. The molecule has 0 fully saturated rings. The molecule has 0 bridgehead atoms. The molecular weight excluding hydrogens is 206 g/mol. The van der Waals surface area contributed by atoms with E-state index in [0.29, 0.717) is 10.7 Å². The van der Waals surface area contributed by atoms with E-state index in [-0.39, 0.29) is 0 Å². The first-order valence-electron chi connectivity index (χ1n) is 4.91. The Morgan fingerprint density at radius 2 is 2.27 bits per heavy atom. The van der Waals surface area contributed by atoms with Crippen molar-refractivity contribution in [1.82, 2.24) is 14.5 Å². The minimum atomic E-state index is 0.429. The molecule has 0 atom stereocenters. The topological polar surface area (TPSA) is 33.6 Å². The van der Waals surface area contributed by atoms with Gasteiger partial charge in [0.1, 0.15) is 0 Å². The van der Waals surface area contributed by atoms with E-state index in [9.17, 15) is 0 Å². The summed E-state index contributed by atoms with van der Waals surface area (Å²) in [6.07, 6.45) is 5.53. The van der Waals surface area contributed by atoms with Crippen LogP contribution in [0.25, 0.3) is 5.69 Å². The summed E-state index contributed by atoms with van der Waals surface area (Å²) >= 11 is 5.25. The van der Waals surface area contributed by atoms with Crippen LogP contribution in [0.2, 0.25) is 0 Å². The first-order chi connectivity index (χ1) is 7.20. The lowest BCUT2D eigenvalue weighted by molar-refractivity contribution is 0.782. The molecule has 0 spiro atoms. The van der Waals surface area contributed by atoms with Crippen molar-refractivity contribution in [2.24, 2.45) is 0 Å². The van der Waals surface area contributed by atoms with Gasteiger partial charge in [0, 0.05) is 18.1 Å². The average Bonchev–Trinajstić information content (AvgIpc) is 2.61. The molecular formula is C11H13N3S. The Hall–Kier alpha value is -1.42. The van der Waals surface area contributed by atoms with Crippen LogP contribution in [0, 0.1) is 4.77 Å². The van der Waals surface area contributed by atoms with E-state index in [0.717, 1.165) is 5.69 Å². The highest BCUT2D eigenvalue weighted by molar-refractivity contribution is 7.71. The number of nitrogens with one attached hydrogen (secondary N) is 1. The van der Waals surface area contributed by atoms with Gasteiger partial charge in [-0.2, -0.15) is 0 Å². The second-order valence-corrected chi connectivity index (χ2v) is 4.11. The van der Waals surface area contributed by atoms with Crippen LogP contribution in [0.3, 0.4) is 0 Å². The molecule has 78 valence electrons. The Morgan fingerprint density at radius 3 is 2.87 bits per heavy atom. The minimum absolute atomic E-state index is 0.429. The maximum absolute atomic E-state index is 5.25. The monoisotopic (exact) mass is 219 g/mol. The SMILES string of the molecule is CC(C)c1c[nH]c(=S)n1-c1cccnc1. The summed E-state index contributed by atoms with van der Waals surface area (Å²) in [6, 6.07) is 3.91. The Balaban J connectivity index is 2.62. The van der Waals surface area contributed by atoms with E-state index in [4.69, 9.17) is 12.2 Å². The number of nitrogens with zero attached hydrogens (tertiary/aromatic N) is 2. The zero-order chi connectivity index (χ0) is 10.8. The van der Waals surface area contributed by atoms with E-state index < -0.39 is 0 Å². The Bertz CT molecular complexity index is 496. The third kappa shape index (κ3) is 1.85. The van der Waals surface area contributed by atoms with Crippen molar-refractivity contribution in [2.75, 3.05) is 0 Å². The van der Waals surface area contributed by atoms with Crippen LogP contribution in [0.1, 0.15) is 25.5 Å². The van der Waals surface area contributed by atoms with E-state index in [1.807, 2.05) is 29.1 Å². The third-order valence-electron chi connectivity index (χ3n) is 2.30. The third-order valence-corrected chi connectivity index (χ3v) is 2.60.